The molecule has 0 aromatic carbocycles. The zero-order valence-electron chi connectivity index (χ0n) is 12.0. The molecule has 0 radical (unpaired) electrons. The summed E-state index contributed by atoms with van der Waals surface area (Å²) >= 11 is 2.91. The van der Waals surface area contributed by atoms with Gasteiger partial charge in [0.25, 0.3) is 0 Å². The third kappa shape index (κ3) is 2.40. The number of carboxylic acids is 1. The fourth-order valence-electron chi connectivity index (χ4n) is 2.46. The van der Waals surface area contributed by atoms with Gasteiger partial charge in [0.15, 0.2) is 5.16 Å². The SMILES string of the molecule is Cc1nc(SCC2=C(C(=O)O)N3C(=O)C(N)[C@@H]3SC2)n(C)n1. The van der Waals surface area contributed by atoms with Crippen molar-refractivity contribution < 1.29 is 14.7 Å². The Morgan fingerprint density at radius 3 is 2.91 bits per heavy atom. The molecule has 118 valence electrons. The topological polar surface area (TPSA) is 114 Å². The van der Waals surface area contributed by atoms with Gasteiger partial charge in [0, 0.05) is 18.6 Å². The van der Waals surface area contributed by atoms with E-state index in [2.05, 4.69) is 10.1 Å². The number of nitrogens with two attached hydrogens (primary N) is 1. The molecule has 2 aliphatic rings. The van der Waals surface area contributed by atoms with Crippen molar-refractivity contribution in [3.8, 4) is 0 Å². The number of hydrogen-bond donors (Lipinski definition) is 2. The third-order valence-electron chi connectivity index (χ3n) is 3.50. The number of aryl methyl sites for hydroxylation is 2. The largest absolute Gasteiger partial charge is 0.477 e. The summed E-state index contributed by atoms with van der Waals surface area (Å²) < 4.78 is 1.66. The van der Waals surface area contributed by atoms with Crippen LogP contribution in [0.4, 0.5) is 0 Å². The first kappa shape index (κ1) is 15.4. The van der Waals surface area contributed by atoms with E-state index >= 15 is 0 Å². The fraction of sp³-hybridized carbons (Fsp3) is 0.500. The smallest absolute Gasteiger partial charge is 0.352 e. The second-order valence-corrected chi connectivity index (χ2v) is 7.09. The van der Waals surface area contributed by atoms with Gasteiger partial charge >= 0.3 is 5.97 Å². The first-order valence-corrected chi connectivity index (χ1v) is 8.59. The highest BCUT2D eigenvalue weighted by molar-refractivity contribution is 8.01. The minimum Gasteiger partial charge on any atom is -0.477 e. The lowest BCUT2D eigenvalue weighted by atomic mass is 10.0. The van der Waals surface area contributed by atoms with Gasteiger partial charge in [-0.05, 0) is 12.5 Å². The van der Waals surface area contributed by atoms with Crippen molar-refractivity contribution in [1.82, 2.24) is 19.7 Å². The highest BCUT2D eigenvalue weighted by Crippen LogP contribution is 2.40. The summed E-state index contributed by atoms with van der Waals surface area (Å²) in [6.45, 7) is 1.80. The van der Waals surface area contributed by atoms with Crippen LogP contribution in [0.25, 0.3) is 0 Å². The lowest BCUT2D eigenvalue weighted by Crippen LogP contribution is -2.68. The van der Waals surface area contributed by atoms with Crippen LogP contribution in [-0.4, -0.2) is 59.6 Å². The quantitative estimate of drug-likeness (QED) is 0.571. The Kier molecular flexibility index (Phi) is 3.91. The van der Waals surface area contributed by atoms with Gasteiger partial charge in [0.05, 0.1) is 0 Å². The van der Waals surface area contributed by atoms with E-state index in [0.717, 1.165) is 0 Å². The molecule has 1 saturated heterocycles. The zero-order valence-corrected chi connectivity index (χ0v) is 13.6. The lowest BCUT2D eigenvalue weighted by molar-refractivity contribution is -0.147. The third-order valence-corrected chi connectivity index (χ3v) is 5.96. The molecule has 1 amide bonds. The van der Waals surface area contributed by atoms with E-state index in [1.807, 2.05) is 0 Å². The summed E-state index contributed by atoms with van der Waals surface area (Å²) in [6, 6.07) is -0.602. The molecule has 0 aliphatic carbocycles. The van der Waals surface area contributed by atoms with Gasteiger partial charge in [0.1, 0.15) is 22.9 Å². The van der Waals surface area contributed by atoms with Gasteiger partial charge in [-0.2, -0.15) is 5.10 Å². The number of carbonyl (C=O) groups is 2. The molecule has 0 spiro atoms. The van der Waals surface area contributed by atoms with Crippen molar-refractivity contribution >= 4 is 35.4 Å². The van der Waals surface area contributed by atoms with Crippen molar-refractivity contribution in [1.29, 1.82) is 0 Å². The zero-order chi connectivity index (χ0) is 16.0. The van der Waals surface area contributed by atoms with Crippen LogP contribution in [0.3, 0.4) is 0 Å². The summed E-state index contributed by atoms with van der Waals surface area (Å²) in [7, 11) is 1.79. The number of carbonyl (C=O) groups excluding carboxylic acids is 1. The number of nitrogens with zero attached hydrogens (tertiary/aromatic N) is 4. The van der Waals surface area contributed by atoms with Crippen molar-refractivity contribution in [2.75, 3.05) is 11.5 Å². The molecule has 0 saturated carbocycles. The van der Waals surface area contributed by atoms with Crippen molar-refractivity contribution in [3.05, 3.63) is 17.1 Å². The van der Waals surface area contributed by atoms with E-state index in [1.54, 1.807) is 18.7 Å². The highest BCUT2D eigenvalue weighted by Gasteiger charge is 2.51. The Bertz CT molecular complexity index is 686. The standard InChI is InChI=1S/C12H15N5O3S2/c1-5-14-12(16(2)15-5)22-4-6-3-21-10-7(13)9(18)17(10)8(6)11(19)20/h7,10H,3-4,13H2,1-2H3,(H,19,20)/t7?,10-/m0/s1. The van der Waals surface area contributed by atoms with E-state index in [9.17, 15) is 14.7 Å². The molecule has 8 nitrogen and oxygen atoms in total. The number of thioether (sulfide) groups is 2. The molecule has 1 unspecified atom stereocenters. The van der Waals surface area contributed by atoms with E-state index < -0.39 is 12.0 Å². The average molecular weight is 341 g/mol. The molecule has 3 rings (SSSR count). The van der Waals surface area contributed by atoms with Crippen molar-refractivity contribution in [2.45, 2.75) is 23.5 Å². The van der Waals surface area contributed by atoms with Gasteiger partial charge in [-0.3, -0.25) is 9.69 Å². The van der Waals surface area contributed by atoms with Crippen LogP contribution in [-0.2, 0) is 16.6 Å². The number of carboxylic acid groups (broad SMARTS) is 1. The molecule has 10 heteroatoms. The summed E-state index contributed by atoms with van der Waals surface area (Å²) in [6.07, 6.45) is 0. The Labute approximate surface area is 135 Å². The molecule has 22 heavy (non-hydrogen) atoms. The molecule has 1 aromatic rings. The number of aliphatic carboxylic acids is 1. The van der Waals surface area contributed by atoms with Gasteiger partial charge < -0.3 is 10.8 Å². The van der Waals surface area contributed by atoms with Crippen LogP contribution < -0.4 is 5.73 Å². The van der Waals surface area contributed by atoms with E-state index in [1.165, 1.54) is 28.4 Å². The van der Waals surface area contributed by atoms with Crippen LogP contribution in [0.15, 0.2) is 16.4 Å². The molecule has 2 aliphatic heterocycles. The summed E-state index contributed by atoms with van der Waals surface area (Å²) in [4.78, 5) is 29.0. The number of amides is 1. The van der Waals surface area contributed by atoms with Gasteiger partial charge in [0.2, 0.25) is 5.91 Å². The molecule has 0 bridgehead atoms. The first-order chi connectivity index (χ1) is 10.4. The summed E-state index contributed by atoms with van der Waals surface area (Å²) in [5.41, 5.74) is 6.50. The number of fused-ring (bicyclic) bond motifs is 1. The van der Waals surface area contributed by atoms with Crippen LogP contribution in [0, 0.1) is 6.92 Å². The number of aromatic nitrogens is 3. The van der Waals surface area contributed by atoms with Gasteiger partial charge in [-0.25, -0.2) is 14.5 Å². The minimum absolute atomic E-state index is 0.0711. The predicted molar refractivity (Wildman–Crippen MR) is 82.2 cm³/mol. The monoisotopic (exact) mass is 341 g/mol. The summed E-state index contributed by atoms with van der Waals surface area (Å²) in [5.74, 6) is 0.251. The number of hydrogen-bond acceptors (Lipinski definition) is 7. The van der Waals surface area contributed by atoms with Crippen LogP contribution in [0.1, 0.15) is 5.82 Å². The molecule has 3 heterocycles. The normalized spacial score (nSPS) is 24.3. The second kappa shape index (κ2) is 5.60. The number of β-lactam (4-membered cyclic amide) rings is 1. The van der Waals surface area contributed by atoms with Gasteiger partial charge in [-0.1, -0.05) is 11.8 Å². The maximum atomic E-state index is 11.8. The molecule has 3 N–H and O–H groups in total. The lowest BCUT2D eigenvalue weighted by Gasteiger charge is -2.48. The van der Waals surface area contributed by atoms with Gasteiger partial charge in [-0.15, -0.1) is 11.8 Å². The van der Waals surface area contributed by atoms with Crippen molar-refractivity contribution in [3.63, 3.8) is 0 Å². The number of rotatable bonds is 4. The molecule has 1 fully saturated rings. The fourth-order valence-corrected chi connectivity index (χ4v) is 4.85. The second-order valence-electron chi connectivity index (χ2n) is 5.05. The van der Waals surface area contributed by atoms with E-state index in [4.69, 9.17) is 5.73 Å². The Morgan fingerprint density at radius 2 is 2.32 bits per heavy atom. The maximum Gasteiger partial charge on any atom is 0.352 e. The molecular weight excluding hydrogens is 326 g/mol. The van der Waals surface area contributed by atoms with Crippen LogP contribution in [0.5, 0.6) is 0 Å². The Hall–Kier alpha value is -1.52. The first-order valence-electron chi connectivity index (χ1n) is 6.56. The predicted octanol–water partition coefficient (Wildman–Crippen LogP) is -0.203. The van der Waals surface area contributed by atoms with E-state index in [0.29, 0.717) is 28.1 Å². The Balaban J connectivity index is 1.83. The highest BCUT2D eigenvalue weighted by atomic mass is 32.2. The van der Waals surface area contributed by atoms with E-state index in [-0.39, 0.29) is 17.0 Å². The van der Waals surface area contributed by atoms with Crippen molar-refractivity contribution in [2.24, 2.45) is 12.8 Å². The summed E-state index contributed by atoms with van der Waals surface area (Å²) in [5, 5.41) is 14.1. The molecule has 2 atom stereocenters. The van der Waals surface area contributed by atoms with Crippen LogP contribution >= 0.6 is 23.5 Å². The molecular formula is C12H15N5O3S2. The Morgan fingerprint density at radius 1 is 1.59 bits per heavy atom. The molecule has 1 aromatic heterocycles. The van der Waals surface area contributed by atoms with Crippen LogP contribution in [0.2, 0.25) is 0 Å². The minimum atomic E-state index is -1.09. The maximum absolute atomic E-state index is 11.8. The average Bonchev–Trinajstić information content (AvgIpc) is 2.80.